The Morgan fingerprint density at radius 3 is 2.94 bits per heavy atom. The highest BCUT2D eigenvalue weighted by Crippen LogP contribution is 2.18. The van der Waals surface area contributed by atoms with Crippen molar-refractivity contribution in [3.05, 3.63) is 35.4 Å². The monoisotopic (exact) mass is 281 g/mol. The number of benzene rings is 1. The summed E-state index contributed by atoms with van der Waals surface area (Å²) in [5, 5.41) is 0. The van der Waals surface area contributed by atoms with E-state index in [4.69, 9.17) is 0 Å². The fourth-order valence-corrected chi connectivity index (χ4v) is 2.70. The SMILES string of the molecule is Cc1cccc(CCN2CC(Br)CC2=O)c1. The Kier molecular flexibility index (Phi) is 3.64. The molecule has 86 valence electrons. The number of alkyl halides is 1. The Labute approximate surface area is 105 Å². The van der Waals surface area contributed by atoms with E-state index in [1.165, 1.54) is 11.1 Å². The fourth-order valence-electron chi connectivity index (χ4n) is 2.07. The molecule has 1 aromatic rings. The summed E-state index contributed by atoms with van der Waals surface area (Å²) in [7, 11) is 0. The lowest BCUT2D eigenvalue weighted by atomic mass is 10.1. The predicted molar refractivity (Wildman–Crippen MR) is 68.8 cm³/mol. The van der Waals surface area contributed by atoms with Crippen molar-refractivity contribution in [1.82, 2.24) is 4.90 Å². The minimum Gasteiger partial charge on any atom is -0.341 e. The van der Waals surface area contributed by atoms with E-state index < -0.39 is 0 Å². The van der Waals surface area contributed by atoms with Gasteiger partial charge < -0.3 is 4.90 Å². The number of aryl methyl sites for hydroxylation is 1. The number of carbonyl (C=O) groups excluding carboxylic acids is 1. The Bertz CT molecular complexity index is 391. The number of carbonyl (C=O) groups is 1. The highest BCUT2D eigenvalue weighted by molar-refractivity contribution is 9.09. The van der Waals surface area contributed by atoms with Gasteiger partial charge in [-0.2, -0.15) is 0 Å². The lowest BCUT2D eigenvalue weighted by Gasteiger charge is -2.15. The minimum absolute atomic E-state index is 0.273. The highest BCUT2D eigenvalue weighted by Gasteiger charge is 2.26. The molecule has 2 rings (SSSR count). The van der Waals surface area contributed by atoms with E-state index in [-0.39, 0.29) is 5.91 Å². The number of hydrogen-bond donors (Lipinski definition) is 0. The second-order valence-corrected chi connectivity index (χ2v) is 5.68. The van der Waals surface area contributed by atoms with Crippen LogP contribution in [-0.4, -0.2) is 28.7 Å². The van der Waals surface area contributed by atoms with Crippen LogP contribution in [0.5, 0.6) is 0 Å². The summed E-state index contributed by atoms with van der Waals surface area (Å²) >= 11 is 3.49. The Hall–Kier alpha value is -0.830. The summed E-state index contributed by atoms with van der Waals surface area (Å²) < 4.78 is 0. The first kappa shape index (κ1) is 11.6. The maximum absolute atomic E-state index is 11.6. The van der Waals surface area contributed by atoms with Crippen molar-refractivity contribution in [2.24, 2.45) is 0 Å². The van der Waals surface area contributed by atoms with E-state index in [0.29, 0.717) is 11.2 Å². The normalized spacial score (nSPS) is 20.5. The molecular formula is C13H16BrNO. The number of rotatable bonds is 3. The second-order valence-electron chi connectivity index (χ2n) is 4.38. The van der Waals surface area contributed by atoms with Crippen LogP contribution in [0.3, 0.4) is 0 Å². The van der Waals surface area contributed by atoms with Crippen LogP contribution in [0.25, 0.3) is 0 Å². The van der Waals surface area contributed by atoms with Gasteiger partial charge in [0.25, 0.3) is 0 Å². The van der Waals surface area contributed by atoms with Crippen molar-refractivity contribution < 1.29 is 4.79 Å². The van der Waals surface area contributed by atoms with Crippen LogP contribution < -0.4 is 0 Å². The summed E-state index contributed by atoms with van der Waals surface area (Å²) in [5.41, 5.74) is 2.59. The van der Waals surface area contributed by atoms with E-state index >= 15 is 0 Å². The molecule has 1 atom stereocenters. The molecule has 0 bridgehead atoms. The van der Waals surface area contributed by atoms with Gasteiger partial charge in [-0.3, -0.25) is 4.79 Å². The molecule has 1 aliphatic heterocycles. The number of likely N-dealkylation sites (tertiary alicyclic amines) is 1. The maximum Gasteiger partial charge on any atom is 0.223 e. The van der Waals surface area contributed by atoms with Crippen LogP contribution in [0, 0.1) is 6.92 Å². The zero-order chi connectivity index (χ0) is 11.5. The molecule has 0 radical (unpaired) electrons. The number of amides is 1. The molecule has 1 aromatic carbocycles. The van der Waals surface area contributed by atoms with E-state index in [9.17, 15) is 4.79 Å². The minimum atomic E-state index is 0.273. The molecule has 0 N–H and O–H groups in total. The van der Waals surface area contributed by atoms with Crippen LogP contribution in [0.1, 0.15) is 17.5 Å². The third kappa shape index (κ3) is 2.85. The maximum atomic E-state index is 11.6. The topological polar surface area (TPSA) is 20.3 Å². The molecule has 0 saturated carbocycles. The third-order valence-electron chi connectivity index (χ3n) is 2.92. The summed E-state index contributed by atoms with van der Waals surface area (Å²) in [6.45, 7) is 3.79. The first-order valence-corrected chi connectivity index (χ1v) is 6.54. The Balaban J connectivity index is 1.90. The van der Waals surface area contributed by atoms with Crippen LogP contribution in [0.2, 0.25) is 0 Å². The van der Waals surface area contributed by atoms with Gasteiger partial charge >= 0.3 is 0 Å². The first-order valence-electron chi connectivity index (χ1n) is 5.62. The molecule has 1 aliphatic rings. The molecule has 1 saturated heterocycles. The van der Waals surface area contributed by atoms with Crippen LogP contribution in [-0.2, 0) is 11.2 Å². The lowest BCUT2D eigenvalue weighted by Crippen LogP contribution is -2.27. The predicted octanol–water partition coefficient (Wildman–Crippen LogP) is 2.53. The van der Waals surface area contributed by atoms with Gasteiger partial charge in [-0.05, 0) is 18.9 Å². The molecule has 1 heterocycles. The summed E-state index contributed by atoms with van der Waals surface area (Å²) in [5.74, 6) is 0.273. The standard InChI is InChI=1S/C13H16BrNO/c1-10-3-2-4-11(7-10)5-6-15-9-12(14)8-13(15)16/h2-4,7,12H,5-6,8-9H2,1H3. The van der Waals surface area contributed by atoms with E-state index in [0.717, 1.165) is 19.5 Å². The Morgan fingerprint density at radius 2 is 2.31 bits per heavy atom. The molecule has 1 amide bonds. The van der Waals surface area contributed by atoms with Gasteiger partial charge in [0.15, 0.2) is 0 Å². The molecule has 3 heteroatoms. The lowest BCUT2D eigenvalue weighted by molar-refractivity contribution is -0.127. The van der Waals surface area contributed by atoms with E-state index in [1.807, 2.05) is 4.90 Å². The molecule has 0 aliphatic carbocycles. The van der Waals surface area contributed by atoms with Gasteiger partial charge in [0.1, 0.15) is 0 Å². The van der Waals surface area contributed by atoms with Gasteiger partial charge in [0.2, 0.25) is 5.91 Å². The zero-order valence-electron chi connectivity index (χ0n) is 9.45. The summed E-state index contributed by atoms with van der Waals surface area (Å²) in [6, 6.07) is 8.48. The van der Waals surface area contributed by atoms with Crippen molar-refractivity contribution in [3.63, 3.8) is 0 Å². The zero-order valence-corrected chi connectivity index (χ0v) is 11.0. The highest BCUT2D eigenvalue weighted by atomic mass is 79.9. The van der Waals surface area contributed by atoms with Crippen LogP contribution in [0.15, 0.2) is 24.3 Å². The number of hydrogen-bond acceptors (Lipinski definition) is 1. The molecule has 16 heavy (non-hydrogen) atoms. The average Bonchev–Trinajstić information content (AvgIpc) is 2.54. The summed E-state index contributed by atoms with van der Waals surface area (Å²) in [4.78, 5) is 13.9. The molecule has 2 nitrogen and oxygen atoms in total. The molecule has 1 unspecified atom stereocenters. The third-order valence-corrected chi connectivity index (χ3v) is 3.53. The number of nitrogens with zero attached hydrogens (tertiary/aromatic N) is 1. The van der Waals surface area contributed by atoms with Gasteiger partial charge in [-0.15, -0.1) is 0 Å². The van der Waals surface area contributed by atoms with Crippen LogP contribution >= 0.6 is 15.9 Å². The average molecular weight is 282 g/mol. The van der Waals surface area contributed by atoms with Gasteiger partial charge in [0, 0.05) is 24.3 Å². The molecule has 1 fully saturated rings. The molecular weight excluding hydrogens is 266 g/mol. The van der Waals surface area contributed by atoms with E-state index in [2.05, 4.69) is 47.1 Å². The largest absolute Gasteiger partial charge is 0.341 e. The fraction of sp³-hybridized carbons (Fsp3) is 0.462. The van der Waals surface area contributed by atoms with Crippen molar-refractivity contribution in [2.75, 3.05) is 13.1 Å². The van der Waals surface area contributed by atoms with Crippen molar-refractivity contribution in [1.29, 1.82) is 0 Å². The van der Waals surface area contributed by atoms with Crippen LogP contribution in [0.4, 0.5) is 0 Å². The Morgan fingerprint density at radius 1 is 1.50 bits per heavy atom. The first-order chi connectivity index (χ1) is 7.65. The van der Waals surface area contributed by atoms with Crippen molar-refractivity contribution in [2.45, 2.75) is 24.6 Å². The van der Waals surface area contributed by atoms with Gasteiger partial charge in [0.05, 0.1) is 0 Å². The van der Waals surface area contributed by atoms with Gasteiger partial charge in [-0.1, -0.05) is 45.8 Å². The van der Waals surface area contributed by atoms with E-state index in [1.54, 1.807) is 0 Å². The summed E-state index contributed by atoms with van der Waals surface area (Å²) in [6.07, 6.45) is 1.60. The smallest absolute Gasteiger partial charge is 0.223 e. The quantitative estimate of drug-likeness (QED) is 0.780. The molecule has 0 spiro atoms. The van der Waals surface area contributed by atoms with Gasteiger partial charge in [-0.25, -0.2) is 0 Å². The number of halogens is 1. The molecule has 0 aromatic heterocycles. The van der Waals surface area contributed by atoms with Crippen molar-refractivity contribution >= 4 is 21.8 Å². The second kappa shape index (κ2) is 5.00. The van der Waals surface area contributed by atoms with Crippen molar-refractivity contribution in [3.8, 4) is 0 Å².